The second-order valence-electron chi connectivity index (χ2n) is 4.22. The van der Waals surface area contributed by atoms with Crippen molar-refractivity contribution >= 4 is 17.3 Å². The Kier molecular flexibility index (Phi) is 4.49. The number of anilines is 1. The van der Waals surface area contributed by atoms with Crippen LogP contribution in [-0.2, 0) is 12.6 Å². The molecule has 0 bridgehead atoms. The third kappa shape index (κ3) is 3.87. The zero-order valence-electron chi connectivity index (χ0n) is 10.4. The zero-order valence-corrected chi connectivity index (χ0v) is 11.2. The third-order valence-corrected chi connectivity index (χ3v) is 3.09. The van der Waals surface area contributed by atoms with Crippen molar-refractivity contribution < 1.29 is 13.2 Å². The molecule has 1 aromatic carbocycles. The molecule has 0 saturated heterocycles. The molecule has 0 radical (unpaired) electrons. The number of benzene rings is 1. The van der Waals surface area contributed by atoms with Crippen molar-refractivity contribution in [1.82, 2.24) is 4.98 Å². The third-order valence-electron chi connectivity index (χ3n) is 2.77. The van der Waals surface area contributed by atoms with Gasteiger partial charge < -0.3 is 5.32 Å². The molecule has 106 valence electrons. The van der Waals surface area contributed by atoms with Crippen molar-refractivity contribution in [3.63, 3.8) is 0 Å². The predicted octanol–water partition coefficient (Wildman–Crippen LogP) is 4.41. The summed E-state index contributed by atoms with van der Waals surface area (Å²) in [5.74, 6) is 0. The minimum absolute atomic E-state index is 0.0644. The molecule has 0 fully saturated rings. The maximum absolute atomic E-state index is 12.5. The minimum Gasteiger partial charge on any atom is -0.384 e. The van der Waals surface area contributed by atoms with Gasteiger partial charge >= 0.3 is 6.18 Å². The van der Waals surface area contributed by atoms with Crippen LogP contribution in [0.5, 0.6) is 0 Å². The van der Waals surface area contributed by atoms with Crippen LogP contribution in [0, 0.1) is 0 Å². The van der Waals surface area contributed by atoms with E-state index in [2.05, 4.69) is 10.3 Å². The second kappa shape index (κ2) is 6.13. The Hall–Kier alpha value is -1.75. The van der Waals surface area contributed by atoms with Crippen LogP contribution in [-0.4, -0.2) is 11.5 Å². The molecule has 2 rings (SSSR count). The fraction of sp³-hybridized carbons (Fsp3) is 0.214. The number of nitrogens with zero attached hydrogens (tertiary/aromatic N) is 1. The number of halogens is 4. The molecule has 2 nitrogen and oxygen atoms in total. The molecule has 6 heteroatoms. The molecule has 0 amide bonds. The Morgan fingerprint density at radius 1 is 1.10 bits per heavy atom. The summed E-state index contributed by atoms with van der Waals surface area (Å²) in [7, 11) is 0. The van der Waals surface area contributed by atoms with E-state index in [0.29, 0.717) is 12.2 Å². The lowest BCUT2D eigenvalue weighted by molar-refractivity contribution is -0.137. The Balaban J connectivity index is 1.97. The van der Waals surface area contributed by atoms with Crippen LogP contribution in [0.25, 0.3) is 0 Å². The van der Waals surface area contributed by atoms with Gasteiger partial charge in [-0.2, -0.15) is 13.2 Å². The van der Waals surface area contributed by atoms with E-state index in [0.717, 1.165) is 24.1 Å². The number of alkyl halides is 3. The number of aromatic nitrogens is 1. The van der Waals surface area contributed by atoms with E-state index in [-0.39, 0.29) is 5.02 Å². The van der Waals surface area contributed by atoms with E-state index in [4.69, 9.17) is 11.6 Å². The molecule has 0 saturated carbocycles. The van der Waals surface area contributed by atoms with Crippen LogP contribution in [0.1, 0.15) is 11.1 Å². The highest BCUT2D eigenvalue weighted by Gasteiger charge is 2.30. The summed E-state index contributed by atoms with van der Waals surface area (Å²) in [6.07, 6.45) is -0.250. The average Bonchev–Trinajstić information content (AvgIpc) is 2.40. The van der Waals surface area contributed by atoms with E-state index >= 15 is 0 Å². The van der Waals surface area contributed by atoms with Crippen molar-refractivity contribution in [2.75, 3.05) is 11.9 Å². The van der Waals surface area contributed by atoms with E-state index in [1.165, 1.54) is 6.07 Å². The van der Waals surface area contributed by atoms with Gasteiger partial charge in [0.2, 0.25) is 0 Å². The number of nitrogens with one attached hydrogen (secondary N) is 1. The van der Waals surface area contributed by atoms with Gasteiger partial charge in [0, 0.05) is 18.9 Å². The molecule has 2 aromatic rings. The van der Waals surface area contributed by atoms with E-state index in [1.54, 1.807) is 12.4 Å². The summed E-state index contributed by atoms with van der Waals surface area (Å²) < 4.78 is 37.5. The summed E-state index contributed by atoms with van der Waals surface area (Å²) in [4.78, 5) is 3.91. The molecule has 0 unspecified atom stereocenters. The molecule has 0 spiro atoms. The molecule has 0 aliphatic heterocycles. The monoisotopic (exact) mass is 300 g/mol. The van der Waals surface area contributed by atoms with Crippen LogP contribution in [0.3, 0.4) is 0 Å². The molecule has 0 aliphatic carbocycles. The van der Waals surface area contributed by atoms with Crippen LogP contribution < -0.4 is 5.32 Å². The summed E-state index contributed by atoms with van der Waals surface area (Å²) in [6, 6.07) is 7.06. The molecular formula is C14H12ClF3N2. The van der Waals surface area contributed by atoms with E-state index < -0.39 is 11.7 Å². The normalized spacial score (nSPS) is 11.4. The van der Waals surface area contributed by atoms with Crippen LogP contribution in [0.15, 0.2) is 42.7 Å². The topological polar surface area (TPSA) is 24.9 Å². The first-order valence-corrected chi connectivity index (χ1v) is 6.34. The van der Waals surface area contributed by atoms with E-state index in [1.807, 2.05) is 12.1 Å². The van der Waals surface area contributed by atoms with Gasteiger partial charge in [-0.05, 0) is 42.3 Å². The van der Waals surface area contributed by atoms with Crippen molar-refractivity contribution in [2.24, 2.45) is 0 Å². The standard InChI is InChI=1S/C14H12ClF3N2/c15-12-9-11(14(16,17)18)1-2-13(12)20-8-5-10-3-6-19-7-4-10/h1-4,6-7,9,20H,5,8H2. The lowest BCUT2D eigenvalue weighted by atomic mass is 10.2. The maximum atomic E-state index is 12.5. The fourth-order valence-corrected chi connectivity index (χ4v) is 1.97. The van der Waals surface area contributed by atoms with Gasteiger partial charge in [-0.3, -0.25) is 4.98 Å². The molecule has 0 aliphatic rings. The fourth-order valence-electron chi connectivity index (χ4n) is 1.73. The smallest absolute Gasteiger partial charge is 0.384 e. The maximum Gasteiger partial charge on any atom is 0.416 e. The molecule has 1 N–H and O–H groups in total. The average molecular weight is 301 g/mol. The van der Waals surface area contributed by atoms with Gasteiger partial charge in [0.1, 0.15) is 0 Å². The Morgan fingerprint density at radius 2 is 1.80 bits per heavy atom. The Bertz CT molecular complexity index is 570. The summed E-state index contributed by atoms with van der Waals surface area (Å²) in [6.45, 7) is 0.578. The first kappa shape index (κ1) is 14.7. The van der Waals surface area contributed by atoms with Gasteiger partial charge in [-0.25, -0.2) is 0 Å². The zero-order chi connectivity index (χ0) is 14.6. The predicted molar refractivity (Wildman–Crippen MR) is 72.9 cm³/mol. The van der Waals surface area contributed by atoms with Gasteiger partial charge in [0.05, 0.1) is 16.3 Å². The highest BCUT2D eigenvalue weighted by atomic mass is 35.5. The van der Waals surface area contributed by atoms with Crippen LogP contribution >= 0.6 is 11.6 Å². The van der Waals surface area contributed by atoms with E-state index in [9.17, 15) is 13.2 Å². The number of hydrogen-bond donors (Lipinski definition) is 1. The quantitative estimate of drug-likeness (QED) is 0.905. The summed E-state index contributed by atoms with van der Waals surface area (Å²) >= 11 is 5.84. The first-order chi connectivity index (χ1) is 9.47. The van der Waals surface area contributed by atoms with Gasteiger partial charge in [0.25, 0.3) is 0 Å². The van der Waals surface area contributed by atoms with Gasteiger partial charge in [0.15, 0.2) is 0 Å². The Morgan fingerprint density at radius 3 is 2.40 bits per heavy atom. The SMILES string of the molecule is FC(F)(F)c1ccc(NCCc2ccncc2)c(Cl)c1. The highest BCUT2D eigenvalue weighted by molar-refractivity contribution is 6.33. The van der Waals surface area contributed by atoms with Crippen molar-refractivity contribution in [2.45, 2.75) is 12.6 Å². The number of hydrogen-bond acceptors (Lipinski definition) is 2. The first-order valence-electron chi connectivity index (χ1n) is 5.96. The number of pyridine rings is 1. The van der Waals surface area contributed by atoms with Crippen molar-refractivity contribution in [3.8, 4) is 0 Å². The molecule has 1 aromatic heterocycles. The second-order valence-corrected chi connectivity index (χ2v) is 4.63. The van der Waals surface area contributed by atoms with Crippen molar-refractivity contribution in [3.05, 3.63) is 58.9 Å². The highest BCUT2D eigenvalue weighted by Crippen LogP contribution is 2.33. The van der Waals surface area contributed by atoms with Gasteiger partial charge in [-0.15, -0.1) is 0 Å². The van der Waals surface area contributed by atoms with Crippen molar-refractivity contribution in [1.29, 1.82) is 0 Å². The molecule has 20 heavy (non-hydrogen) atoms. The lowest BCUT2D eigenvalue weighted by Crippen LogP contribution is -2.08. The summed E-state index contributed by atoms with van der Waals surface area (Å²) in [5.41, 5.74) is 0.839. The van der Waals surface area contributed by atoms with Crippen LogP contribution in [0.2, 0.25) is 5.02 Å². The minimum atomic E-state index is -4.38. The Labute approximate surface area is 119 Å². The van der Waals surface area contributed by atoms with Crippen LogP contribution in [0.4, 0.5) is 18.9 Å². The number of rotatable bonds is 4. The molecular weight excluding hydrogens is 289 g/mol. The molecule has 1 heterocycles. The lowest BCUT2D eigenvalue weighted by Gasteiger charge is -2.11. The molecule has 0 atom stereocenters. The van der Waals surface area contributed by atoms with Gasteiger partial charge in [-0.1, -0.05) is 11.6 Å². The largest absolute Gasteiger partial charge is 0.416 e. The summed E-state index contributed by atoms with van der Waals surface area (Å²) in [5, 5.41) is 3.08.